The fraction of sp³-hybridized carbons (Fsp3) is 0.311. The average molecular weight is 831 g/mol. The molecule has 0 bridgehead atoms. The molecule has 2 aliphatic rings. The first kappa shape index (κ1) is 39.8. The molecule has 13 heteroatoms. The van der Waals surface area contributed by atoms with Gasteiger partial charge in [0, 0.05) is 49.0 Å². The largest absolute Gasteiger partial charge is 0.405 e. The summed E-state index contributed by atoms with van der Waals surface area (Å²) >= 11 is 1.31. The molecule has 0 unspecified atom stereocenters. The van der Waals surface area contributed by atoms with Crippen LogP contribution in [0.1, 0.15) is 43.3 Å². The molecule has 1 atom stereocenters. The molecular formula is C45H47FN6O3S2Si. The molecule has 58 heavy (non-hydrogen) atoms. The van der Waals surface area contributed by atoms with Crippen LogP contribution >= 0.6 is 11.3 Å². The molecule has 4 aromatic carbocycles. The summed E-state index contributed by atoms with van der Waals surface area (Å²) in [6.45, 7) is 8.18. The fourth-order valence-corrected chi connectivity index (χ4v) is 15.1. The Labute approximate surface area is 345 Å². The maximum Gasteiger partial charge on any atom is 0.261 e. The molecule has 3 heterocycles. The smallest absolute Gasteiger partial charge is 0.261 e. The number of hydrogen-bond donors (Lipinski definition) is 0. The van der Waals surface area contributed by atoms with Crippen LogP contribution in [-0.2, 0) is 27.3 Å². The monoisotopic (exact) mass is 830 g/mol. The second-order valence-electron chi connectivity index (χ2n) is 16.2. The third kappa shape index (κ3) is 7.33. The van der Waals surface area contributed by atoms with Gasteiger partial charge in [0.05, 0.1) is 30.1 Å². The van der Waals surface area contributed by atoms with E-state index in [0.29, 0.717) is 41.0 Å². The van der Waals surface area contributed by atoms with Crippen molar-refractivity contribution in [3.05, 3.63) is 125 Å². The Bertz CT molecular complexity index is 2570. The summed E-state index contributed by atoms with van der Waals surface area (Å²) in [4.78, 5) is 14.9. The summed E-state index contributed by atoms with van der Waals surface area (Å²) < 4.78 is 49.0. The van der Waals surface area contributed by atoms with E-state index in [1.165, 1.54) is 40.1 Å². The van der Waals surface area contributed by atoms with Crippen molar-refractivity contribution >= 4 is 67.5 Å². The lowest BCUT2D eigenvalue weighted by molar-refractivity contribution is 0.224. The number of anilines is 3. The van der Waals surface area contributed by atoms with Gasteiger partial charge in [-0.25, -0.2) is 17.8 Å². The zero-order valence-corrected chi connectivity index (χ0v) is 36.1. The van der Waals surface area contributed by atoms with E-state index in [2.05, 4.69) is 103 Å². The second kappa shape index (κ2) is 15.7. The third-order valence-electron chi connectivity index (χ3n) is 11.6. The zero-order chi connectivity index (χ0) is 40.8. The van der Waals surface area contributed by atoms with Gasteiger partial charge in [-0.05, 0) is 82.7 Å². The van der Waals surface area contributed by atoms with Gasteiger partial charge in [0.25, 0.3) is 8.32 Å². The van der Waals surface area contributed by atoms with Crippen molar-refractivity contribution in [2.75, 3.05) is 49.3 Å². The molecule has 0 amide bonds. The van der Waals surface area contributed by atoms with Crippen molar-refractivity contribution in [1.29, 1.82) is 5.26 Å². The first-order valence-electron chi connectivity index (χ1n) is 19.6. The van der Waals surface area contributed by atoms with Crippen LogP contribution in [0.15, 0.2) is 103 Å². The average Bonchev–Trinajstić information content (AvgIpc) is 3.87. The fourth-order valence-electron chi connectivity index (χ4n) is 8.81. The highest BCUT2D eigenvalue weighted by Crippen LogP contribution is 2.44. The molecule has 0 saturated carbocycles. The number of rotatable bonds is 10. The maximum absolute atomic E-state index is 13.8. The minimum Gasteiger partial charge on any atom is -0.405 e. The van der Waals surface area contributed by atoms with Crippen molar-refractivity contribution in [3.63, 3.8) is 0 Å². The van der Waals surface area contributed by atoms with E-state index in [0.717, 1.165) is 52.8 Å². The molecule has 0 N–H and O–H groups in total. The summed E-state index contributed by atoms with van der Waals surface area (Å²) in [6, 6.07) is 35.4. The minimum absolute atomic E-state index is 0.252. The number of fused-ring (bicyclic) bond motifs is 2. The van der Waals surface area contributed by atoms with E-state index in [1.807, 2.05) is 19.2 Å². The van der Waals surface area contributed by atoms with E-state index in [-0.39, 0.29) is 23.4 Å². The molecule has 0 spiro atoms. The number of nitriles is 1. The molecule has 6 aromatic rings. The van der Waals surface area contributed by atoms with Crippen molar-refractivity contribution < 1.29 is 17.2 Å². The number of benzene rings is 4. The van der Waals surface area contributed by atoms with Crippen LogP contribution in [0.2, 0.25) is 5.04 Å². The quantitative estimate of drug-likeness (QED) is 0.130. The summed E-state index contributed by atoms with van der Waals surface area (Å²) in [5.41, 5.74) is 6.25. The van der Waals surface area contributed by atoms with Gasteiger partial charge < -0.3 is 14.2 Å². The molecule has 1 saturated heterocycles. The molecule has 8 rings (SSSR count). The lowest BCUT2D eigenvalue weighted by Crippen LogP contribution is -2.68. The summed E-state index contributed by atoms with van der Waals surface area (Å²) in [6.07, 6.45) is 4.02. The normalized spacial score (nSPS) is 16.4. The minimum atomic E-state index is -3.47. The van der Waals surface area contributed by atoms with Crippen LogP contribution in [0, 0.1) is 17.1 Å². The summed E-state index contributed by atoms with van der Waals surface area (Å²) in [5.74, 6) is -0.348. The molecule has 2 aromatic heterocycles. The SMILES string of the molecule is CN(c1nc(-c2ccc(F)cc2)c(C#N)s1)c1c2c(nc3ccc(N4CCN(S(C)(=O)=O)C[C@@H]4CO[Si](c4ccccc4)(c4ccccc4)C(C)(C)C)cc13)CCC2. The van der Waals surface area contributed by atoms with Crippen LogP contribution in [-0.4, -0.2) is 76.6 Å². The van der Waals surface area contributed by atoms with Crippen LogP contribution < -0.4 is 20.2 Å². The number of sulfonamides is 1. The lowest BCUT2D eigenvalue weighted by atomic mass is 10.0. The summed E-state index contributed by atoms with van der Waals surface area (Å²) in [5, 5.41) is 13.8. The molecule has 1 aliphatic heterocycles. The summed E-state index contributed by atoms with van der Waals surface area (Å²) in [7, 11) is -4.42. The highest BCUT2D eigenvalue weighted by molar-refractivity contribution is 7.88. The van der Waals surface area contributed by atoms with Crippen molar-refractivity contribution in [2.24, 2.45) is 0 Å². The topological polar surface area (TPSA) is 103 Å². The Morgan fingerprint density at radius 2 is 1.62 bits per heavy atom. The van der Waals surface area contributed by atoms with Crippen LogP contribution in [0.4, 0.5) is 20.9 Å². The van der Waals surface area contributed by atoms with Gasteiger partial charge in [-0.2, -0.15) is 9.57 Å². The predicted molar refractivity (Wildman–Crippen MR) is 235 cm³/mol. The standard InChI is InChI=1S/C45H47FN6O3S2Si/c1-45(2,3)58(35-13-8-6-9-14-35,36-15-10-7-11-16-36)55-30-34-29-51(57(5,53)54)25-26-52(34)33-23-24-40-38(27-33)43(37-17-12-18-39(37)48-40)50(4)44-49-42(41(28-47)56-44)31-19-21-32(46)22-20-31/h6-11,13-16,19-24,27,34H,12,17-18,25-26,29-30H2,1-5H3/t34-/m1/s1. The van der Waals surface area contributed by atoms with Gasteiger partial charge in [-0.15, -0.1) is 0 Å². The Kier molecular flexibility index (Phi) is 10.8. The first-order valence-corrected chi connectivity index (χ1v) is 24.2. The molecule has 1 fully saturated rings. The third-order valence-corrected chi connectivity index (χ3v) is 18.9. The zero-order valence-electron chi connectivity index (χ0n) is 33.4. The number of piperazine rings is 1. The molecule has 1 aliphatic carbocycles. The number of aromatic nitrogens is 2. The molecule has 9 nitrogen and oxygen atoms in total. The second-order valence-corrected chi connectivity index (χ2v) is 23.5. The van der Waals surface area contributed by atoms with E-state index < -0.39 is 18.3 Å². The Morgan fingerprint density at radius 1 is 0.948 bits per heavy atom. The van der Waals surface area contributed by atoms with E-state index in [4.69, 9.17) is 14.4 Å². The molecule has 0 radical (unpaired) electrons. The van der Waals surface area contributed by atoms with Gasteiger partial charge in [0.2, 0.25) is 10.0 Å². The van der Waals surface area contributed by atoms with Gasteiger partial charge in [-0.3, -0.25) is 4.98 Å². The first-order chi connectivity index (χ1) is 27.8. The highest BCUT2D eigenvalue weighted by atomic mass is 32.2. The number of nitrogens with zero attached hydrogens (tertiary/aromatic N) is 6. The van der Waals surface area contributed by atoms with Crippen LogP contribution in [0.25, 0.3) is 22.2 Å². The van der Waals surface area contributed by atoms with Gasteiger partial charge >= 0.3 is 0 Å². The van der Waals surface area contributed by atoms with Gasteiger partial charge in [0.1, 0.15) is 22.5 Å². The van der Waals surface area contributed by atoms with Gasteiger partial charge in [-0.1, -0.05) is 92.8 Å². The lowest BCUT2D eigenvalue weighted by Gasteiger charge is -2.47. The van der Waals surface area contributed by atoms with E-state index in [1.54, 1.807) is 16.4 Å². The molecular weight excluding hydrogens is 784 g/mol. The van der Waals surface area contributed by atoms with Crippen LogP contribution in [0.5, 0.6) is 0 Å². The predicted octanol–water partition coefficient (Wildman–Crippen LogP) is 7.65. The maximum atomic E-state index is 13.8. The molecule has 298 valence electrons. The number of pyridine rings is 1. The number of hydrogen-bond acceptors (Lipinski definition) is 9. The highest BCUT2D eigenvalue weighted by Gasteiger charge is 2.51. The Morgan fingerprint density at radius 3 is 2.24 bits per heavy atom. The number of aryl methyl sites for hydroxylation is 1. The van der Waals surface area contributed by atoms with Crippen molar-refractivity contribution in [1.82, 2.24) is 14.3 Å². The van der Waals surface area contributed by atoms with E-state index in [9.17, 15) is 18.1 Å². The Hall–Kier alpha value is -4.97. The Balaban J connectivity index is 1.21. The van der Waals surface area contributed by atoms with Crippen molar-refractivity contribution in [2.45, 2.75) is 51.1 Å². The van der Waals surface area contributed by atoms with Crippen molar-refractivity contribution in [3.8, 4) is 17.3 Å². The number of halogens is 1. The van der Waals surface area contributed by atoms with Gasteiger partial charge in [0.15, 0.2) is 5.13 Å². The number of thiazole rings is 1. The van der Waals surface area contributed by atoms with Crippen LogP contribution in [0.3, 0.4) is 0 Å². The van der Waals surface area contributed by atoms with E-state index >= 15 is 0 Å².